The lowest BCUT2D eigenvalue weighted by Gasteiger charge is -2.32. The highest BCUT2D eigenvalue weighted by molar-refractivity contribution is 5.88. The Morgan fingerprint density at radius 3 is 2.03 bits per heavy atom. The molecule has 0 saturated heterocycles. The molecule has 0 aliphatic carbocycles. The number of hydrogen-bond donors (Lipinski definition) is 1. The van der Waals surface area contributed by atoms with Gasteiger partial charge in [0.2, 0.25) is 11.8 Å². The van der Waals surface area contributed by atoms with Crippen molar-refractivity contribution in [3.63, 3.8) is 0 Å². The van der Waals surface area contributed by atoms with Crippen LogP contribution in [0, 0.1) is 6.92 Å². The van der Waals surface area contributed by atoms with E-state index in [0.717, 1.165) is 23.1 Å². The molecule has 4 nitrogen and oxygen atoms in total. The summed E-state index contributed by atoms with van der Waals surface area (Å²) in [5.41, 5.74) is 5.72. The van der Waals surface area contributed by atoms with Crippen LogP contribution in [-0.4, -0.2) is 28.8 Å². The molecule has 0 bridgehead atoms. The summed E-state index contributed by atoms with van der Waals surface area (Å²) in [7, 11) is 0. The van der Waals surface area contributed by atoms with Crippen molar-refractivity contribution in [1.29, 1.82) is 0 Å². The molecule has 3 aromatic carbocycles. The van der Waals surface area contributed by atoms with E-state index in [2.05, 4.69) is 76.3 Å². The Balaban J connectivity index is 1.88. The summed E-state index contributed by atoms with van der Waals surface area (Å²) in [5.74, 6) is -0.107. The standard InChI is InChI=1S/C34H44N2O2/c1-7-26(3)35-33(38)31(23-28-11-9-8-10-12-28)36(24-29-15-13-25(2)14-16-29)32(37)22-19-27-17-20-30(21-18-27)34(4,5)6/h8-18,20-21,26,31H,7,19,22-24H2,1-6H3,(H,35,38)/t26-,31-/m0/s1. The van der Waals surface area contributed by atoms with Crippen molar-refractivity contribution in [1.82, 2.24) is 10.2 Å². The number of aryl methyl sites for hydroxylation is 2. The van der Waals surface area contributed by atoms with Crippen LogP contribution < -0.4 is 5.32 Å². The second-order valence-electron chi connectivity index (χ2n) is 11.5. The van der Waals surface area contributed by atoms with E-state index in [0.29, 0.717) is 25.8 Å². The van der Waals surface area contributed by atoms with Crippen LogP contribution in [-0.2, 0) is 34.4 Å². The molecule has 2 atom stereocenters. The lowest BCUT2D eigenvalue weighted by atomic mass is 9.86. The number of nitrogens with zero attached hydrogens (tertiary/aromatic N) is 1. The first kappa shape index (κ1) is 29.2. The fourth-order valence-corrected chi connectivity index (χ4v) is 4.45. The summed E-state index contributed by atoms with van der Waals surface area (Å²) in [4.78, 5) is 29.2. The molecular formula is C34H44N2O2. The van der Waals surface area contributed by atoms with Crippen molar-refractivity contribution >= 4 is 11.8 Å². The van der Waals surface area contributed by atoms with Gasteiger partial charge in [0.05, 0.1) is 0 Å². The molecule has 0 saturated carbocycles. The minimum absolute atomic E-state index is 0.00861. The minimum Gasteiger partial charge on any atom is -0.352 e. The smallest absolute Gasteiger partial charge is 0.243 e. The van der Waals surface area contributed by atoms with Gasteiger partial charge in [0.15, 0.2) is 0 Å². The number of carbonyl (C=O) groups excluding carboxylic acids is 2. The van der Waals surface area contributed by atoms with Gasteiger partial charge in [0.1, 0.15) is 6.04 Å². The van der Waals surface area contributed by atoms with E-state index in [9.17, 15) is 9.59 Å². The number of rotatable bonds is 11. The highest BCUT2D eigenvalue weighted by Gasteiger charge is 2.30. The minimum atomic E-state index is -0.594. The molecule has 0 aliphatic heterocycles. The quantitative estimate of drug-likeness (QED) is 0.308. The molecule has 0 heterocycles. The molecule has 3 aromatic rings. The molecule has 202 valence electrons. The first-order valence-electron chi connectivity index (χ1n) is 13.9. The van der Waals surface area contributed by atoms with Crippen molar-refractivity contribution in [3.8, 4) is 0 Å². The van der Waals surface area contributed by atoms with Crippen molar-refractivity contribution < 1.29 is 9.59 Å². The SMILES string of the molecule is CC[C@H](C)NC(=O)[C@H](Cc1ccccc1)N(Cc1ccc(C)cc1)C(=O)CCc1ccc(C(C)(C)C)cc1. The van der Waals surface area contributed by atoms with E-state index in [1.54, 1.807) is 4.90 Å². The van der Waals surface area contributed by atoms with Crippen LogP contribution in [0.2, 0.25) is 0 Å². The van der Waals surface area contributed by atoms with E-state index >= 15 is 0 Å². The normalized spacial score (nSPS) is 13.0. The van der Waals surface area contributed by atoms with Gasteiger partial charge in [-0.2, -0.15) is 0 Å². The number of hydrogen-bond acceptors (Lipinski definition) is 2. The highest BCUT2D eigenvalue weighted by Crippen LogP contribution is 2.23. The third-order valence-corrected chi connectivity index (χ3v) is 7.19. The zero-order chi connectivity index (χ0) is 27.7. The van der Waals surface area contributed by atoms with Crippen LogP contribution in [0.4, 0.5) is 0 Å². The molecule has 0 spiro atoms. The van der Waals surface area contributed by atoms with Crippen LogP contribution in [0.1, 0.15) is 75.3 Å². The van der Waals surface area contributed by atoms with Gasteiger partial charge in [-0.3, -0.25) is 9.59 Å². The predicted octanol–water partition coefficient (Wildman–Crippen LogP) is 6.78. The van der Waals surface area contributed by atoms with Gasteiger partial charge >= 0.3 is 0 Å². The second kappa shape index (κ2) is 13.4. The Bertz CT molecular complexity index is 1160. The maximum Gasteiger partial charge on any atom is 0.243 e. The van der Waals surface area contributed by atoms with Gasteiger partial charge in [-0.1, -0.05) is 112 Å². The topological polar surface area (TPSA) is 49.4 Å². The maximum atomic E-state index is 13.9. The van der Waals surface area contributed by atoms with Gasteiger partial charge in [-0.05, 0) is 54.4 Å². The summed E-state index contributed by atoms with van der Waals surface area (Å²) in [6, 6.07) is 26.2. The number of amides is 2. The first-order valence-corrected chi connectivity index (χ1v) is 13.9. The van der Waals surface area contributed by atoms with E-state index < -0.39 is 6.04 Å². The summed E-state index contributed by atoms with van der Waals surface area (Å²) < 4.78 is 0. The molecule has 1 N–H and O–H groups in total. The van der Waals surface area contributed by atoms with Gasteiger partial charge in [0.25, 0.3) is 0 Å². The fraction of sp³-hybridized carbons (Fsp3) is 0.412. The van der Waals surface area contributed by atoms with Crippen molar-refractivity contribution in [2.45, 2.75) is 91.3 Å². The third-order valence-electron chi connectivity index (χ3n) is 7.19. The summed E-state index contributed by atoms with van der Waals surface area (Å²) >= 11 is 0. The zero-order valence-corrected chi connectivity index (χ0v) is 24.0. The van der Waals surface area contributed by atoms with Gasteiger partial charge in [-0.15, -0.1) is 0 Å². The molecule has 0 aromatic heterocycles. The van der Waals surface area contributed by atoms with Gasteiger partial charge < -0.3 is 10.2 Å². The Labute approximate surface area is 229 Å². The van der Waals surface area contributed by atoms with Gasteiger partial charge in [-0.25, -0.2) is 0 Å². The predicted molar refractivity (Wildman–Crippen MR) is 157 cm³/mol. The highest BCUT2D eigenvalue weighted by atomic mass is 16.2. The molecule has 4 heteroatoms. The zero-order valence-electron chi connectivity index (χ0n) is 24.0. The monoisotopic (exact) mass is 512 g/mol. The number of nitrogens with one attached hydrogen (secondary N) is 1. The lowest BCUT2D eigenvalue weighted by molar-refractivity contribution is -0.141. The van der Waals surface area contributed by atoms with E-state index in [1.807, 2.05) is 49.4 Å². The van der Waals surface area contributed by atoms with Crippen molar-refractivity contribution in [2.24, 2.45) is 0 Å². The lowest BCUT2D eigenvalue weighted by Crippen LogP contribution is -2.52. The van der Waals surface area contributed by atoms with Crippen molar-refractivity contribution in [3.05, 3.63) is 107 Å². The molecule has 2 amide bonds. The Kier molecular flexibility index (Phi) is 10.3. The van der Waals surface area contributed by atoms with E-state index in [-0.39, 0.29) is 23.3 Å². The van der Waals surface area contributed by atoms with Crippen molar-refractivity contribution in [2.75, 3.05) is 0 Å². The summed E-state index contributed by atoms with van der Waals surface area (Å²) in [5, 5.41) is 3.14. The Morgan fingerprint density at radius 1 is 0.842 bits per heavy atom. The van der Waals surface area contributed by atoms with Gasteiger partial charge in [0, 0.05) is 25.4 Å². The largest absolute Gasteiger partial charge is 0.352 e. The molecule has 0 fully saturated rings. The molecule has 0 unspecified atom stereocenters. The average molecular weight is 513 g/mol. The number of benzene rings is 3. The van der Waals surface area contributed by atoms with Crippen LogP contribution >= 0.6 is 0 Å². The Hall–Kier alpha value is -3.40. The van der Waals surface area contributed by atoms with Crippen LogP contribution in [0.15, 0.2) is 78.9 Å². The van der Waals surface area contributed by atoms with Crippen LogP contribution in [0.5, 0.6) is 0 Å². The number of carbonyl (C=O) groups is 2. The second-order valence-corrected chi connectivity index (χ2v) is 11.5. The molecule has 0 radical (unpaired) electrons. The summed E-state index contributed by atoms with van der Waals surface area (Å²) in [6.45, 7) is 13.1. The maximum absolute atomic E-state index is 13.9. The van der Waals surface area contributed by atoms with E-state index in [4.69, 9.17) is 0 Å². The molecule has 38 heavy (non-hydrogen) atoms. The van der Waals surface area contributed by atoms with Crippen LogP contribution in [0.3, 0.4) is 0 Å². The fourth-order valence-electron chi connectivity index (χ4n) is 4.45. The van der Waals surface area contributed by atoms with E-state index in [1.165, 1.54) is 11.1 Å². The molecule has 3 rings (SSSR count). The third kappa shape index (κ3) is 8.58. The summed E-state index contributed by atoms with van der Waals surface area (Å²) in [6.07, 6.45) is 2.29. The van der Waals surface area contributed by atoms with Crippen LogP contribution in [0.25, 0.3) is 0 Å². The average Bonchev–Trinajstić information content (AvgIpc) is 2.90. The Morgan fingerprint density at radius 2 is 1.45 bits per heavy atom. The molecular weight excluding hydrogens is 468 g/mol. The first-order chi connectivity index (χ1) is 18.1. The molecule has 0 aliphatic rings.